The summed E-state index contributed by atoms with van der Waals surface area (Å²) in [6.45, 7) is 5.33. The average Bonchev–Trinajstić information content (AvgIpc) is 3.10. The van der Waals surface area contributed by atoms with E-state index in [-0.39, 0.29) is 12.1 Å². The molecule has 1 N–H and O–H groups in total. The van der Waals surface area contributed by atoms with Crippen LogP contribution >= 0.6 is 11.5 Å². The van der Waals surface area contributed by atoms with Crippen LogP contribution < -0.4 is 5.32 Å². The molecule has 0 radical (unpaired) electrons. The van der Waals surface area contributed by atoms with E-state index in [1.807, 2.05) is 4.90 Å². The second-order valence-electron chi connectivity index (χ2n) is 5.51. The molecular formula is C13H21N5O2S. The van der Waals surface area contributed by atoms with Gasteiger partial charge in [-0.2, -0.15) is 0 Å². The molecule has 0 unspecified atom stereocenters. The van der Waals surface area contributed by atoms with Crippen LogP contribution in [0.4, 0.5) is 9.80 Å². The fourth-order valence-corrected chi connectivity index (χ4v) is 3.26. The zero-order chi connectivity index (χ0) is 14.5. The number of carbonyl (C=O) groups is 1. The summed E-state index contributed by atoms with van der Waals surface area (Å²) in [5.74, 6) is 0. The van der Waals surface area contributed by atoms with Crippen molar-refractivity contribution in [3.63, 3.8) is 0 Å². The molecule has 21 heavy (non-hydrogen) atoms. The van der Waals surface area contributed by atoms with Crippen LogP contribution in [-0.4, -0.2) is 70.9 Å². The Morgan fingerprint density at radius 1 is 1.38 bits per heavy atom. The molecule has 1 aromatic rings. The summed E-state index contributed by atoms with van der Waals surface area (Å²) in [7, 11) is 0. The summed E-state index contributed by atoms with van der Waals surface area (Å²) >= 11 is 1.19. The molecular weight excluding hydrogens is 290 g/mol. The second kappa shape index (κ2) is 7.15. The van der Waals surface area contributed by atoms with Crippen molar-refractivity contribution in [2.24, 2.45) is 0 Å². The summed E-state index contributed by atoms with van der Waals surface area (Å²) in [5, 5.41) is 7.25. The molecule has 0 spiro atoms. The van der Waals surface area contributed by atoms with Gasteiger partial charge in [0.05, 0.1) is 12.3 Å². The van der Waals surface area contributed by atoms with Gasteiger partial charge in [-0.1, -0.05) is 4.49 Å². The molecule has 0 aromatic carbocycles. The topological polar surface area (TPSA) is 70.6 Å². The molecule has 0 aliphatic carbocycles. The molecule has 2 saturated heterocycles. The number of carbonyl (C=O) groups excluding carboxylic acids is 1. The fourth-order valence-electron chi connectivity index (χ4n) is 2.85. The normalized spacial score (nSPS) is 24.0. The number of urea groups is 1. The molecule has 1 atom stereocenters. The molecule has 3 heterocycles. The maximum atomic E-state index is 12.3. The Bertz CT molecular complexity index is 449. The van der Waals surface area contributed by atoms with Crippen LogP contribution in [0, 0.1) is 0 Å². The number of rotatable bonds is 3. The van der Waals surface area contributed by atoms with Crippen molar-refractivity contribution in [3.8, 4) is 0 Å². The summed E-state index contributed by atoms with van der Waals surface area (Å²) in [6, 6.07) is -0.0852. The summed E-state index contributed by atoms with van der Waals surface area (Å²) < 4.78 is 9.64. The summed E-state index contributed by atoms with van der Waals surface area (Å²) in [5.41, 5.74) is 0. The number of hydrogen-bond donors (Lipinski definition) is 1. The van der Waals surface area contributed by atoms with Gasteiger partial charge in [-0.05, 0) is 32.4 Å². The predicted molar refractivity (Wildman–Crippen MR) is 80.5 cm³/mol. The molecule has 116 valence electrons. The Labute approximate surface area is 128 Å². The predicted octanol–water partition coefficient (Wildman–Crippen LogP) is 1.26. The largest absolute Gasteiger partial charge is 0.375 e. The number of hydrogen-bond acceptors (Lipinski definition) is 6. The Morgan fingerprint density at radius 3 is 3.00 bits per heavy atom. The van der Waals surface area contributed by atoms with Gasteiger partial charge in [-0.15, -0.1) is 5.10 Å². The maximum Gasteiger partial charge on any atom is 0.322 e. The highest BCUT2D eigenvalue weighted by Crippen LogP contribution is 2.15. The average molecular weight is 311 g/mol. The zero-order valence-electron chi connectivity index (χ0n) is 12.0. The van der Waals surface area contributed by atoms with Gasteiger partial charge in [0.15, 0.2) is 0 Å². The van der Waals surface area contributed by atoms with Gasteiger partial charge in [0.25, 0.3) is 0 Å². The molecule has 2 aliphatic rings. The molecule has 0 bridgehead atoms. The smallest absolute Gasteiger partial charge is 0.322 e. The minimum Gasteiger partial charge on any atom is -0.375 e. The lowest BCUT2D eigenvalue weighted by Crippen LogP contribution is -2.43. The SMILES string of the molecule is O=C(Nc1cnns1)N1CCCO[C@@H](CN2CCCC2)C1. The van der Waals surface area contributed by atoms with E-state index < -0.39 is 0 Å². The summed E-state index contributed by atoms with van der Waals surface area (Å²) in [6.07, 6.45) is 5.10. The van der Waals surface area contributed by atoms with E-state index in [9.17, 15) is 4.79 Å². The Kier molecular flexibility index (Phi) is 5.00. The number of nitrogens with zero attached hydrogens (tertiary/aromatic N) is 4. The molecule has 2 fully saturated rings. The lowest BCUT2D eigenvalue weighted by Gasteiger charge is -2.26. The Hall–Kier alpha value is -1.25. The van der Waals surface area contributed by atoms with Gasteiger partial charge in [0.1, 0.15) is 5.00 Å². The van der Waals surface area contributed by atoms with Crippen molar-refractivity contribution < 1.29 is 9.53 Å². The molecule has 3 rings (SSSR count). The van der Waals surface area contributed by atoms with Gasteiger partial charge in [-0.25, -0.2) is 4.79 Å². The van der Waals surface area contributed by atoms with Gasteiger partial charge in [0, 0.05) is 37.8 Å². The number of aromatic nitrogens is 2. The fraction of sp³-hybridized carbons (Fsp3) is 0.769. The van der Waals surface area contributed by atoms with Gasteiger partial charge >= 0.3 is 6.03 Å². The van der Waals surface area contributed by atoms with E-state index in [0.29, 0.717) is 11.5 Å². The number of amides is 2. The van der Waals surface area contributed by atoms with Crippen LogP contribution in [0.5, 0.6) is 0 Å². The van der Waals surface area contributed by atoms with Crippen LogP contribution in [0.3, 0.4) is 0 Å². The van der Waals surface area contributed by atoms with Crippen LogP contribution in [-0.2, 0) is 4.74 Å². The first-order chi connectivity index (χ1) is 10.3. The van der Waals surface area contributed by atoms with E-state index in [2.05, 4.69) is 19.8 Å². The Morgan fingerprint density at radius 2 is 2.24 bits per heavy atom. The first kappa shape index (κ1) is 14.7. The minimum atomic E-state index is -0.0852. The standard InChI is InChI=1S/C13H21N5O2S/c19-13(15-12-8-14-16-21-12)18-6-3-7-20-11(10-18)9-17-4-1-2-5-17/h8,11H,1-7,9-10H2,(H,15,19)/t11-/m0/s1. The zero-order valence-corrected chi connectivity index (χ0v) is 12.8. The second-order valence-corrected chi connectivity index (χ2v) is 6.30. The monoisotopic (exact) mass is 311 g/mol. The van der Waals surface area contributed by atoms with Crippen molar-refractivity contribution in [1.82, 2.24) is 19.4 Å². The van der Waals surface area contributed by atoms with E-state index in [4.69, 9.17) is 4.74 Å². The van der Waals surface area contributed by atoms with Crippen molar-refractivity contribution in [2.45, 2.75) is 25.4 Å². The third-order valence-corrected chi connectivity index (χ3v) is 4.47. The van der Waals surface area contributed by atoms with Crippen LogP contribution in [0.25, 0.3) is 0 Å². The highest BCUT2D eigenvalue weighted by Gasteiger charge is 2.25. The number of anilines is 1. The van der Waals surface area contributed by atoms with Crippen LogP contribution in [0.1, 0.15) is 19.3 Å². The number of nitrogens with one attached hydrogen (secondary N) is 1. The third kappa shape index (κ3) is 4.12. The molecule has 7 nitrogen and oxygen atoms in total. The van der Waals surface area contributed by atoms with Gasteiger partial charge in [0.2, 0.25) is 0 Å². The highest BCUT2D eigenvalue weighted by molar-refractivity contribution is 7.10. The third-order valence-electron chi connectivity index (χ3n) is 3.89. The molecule has 1 aromatic heterocycles. The van der Waals surface area contributed by atoms with E-state index >= 15 is 0 Å². The molecule has 0 saturated carbocycles. The quantitative estimate of drug-likeness (QED) is 0.910. The van der Waals surface area contributed by atoms with Crippen molar-refractivity contribution in [2.75, 3.05) is 44.6 Å². The van der Waals surface area contributed by atoms with Crippen molar-refractivity contribution in [1.29, 1.82) is 0 Å². The van der Waals surface area contributed by atoms with E-state index in [1.54, 1.807) is 6.20 Å². The first-order valence-corrected chi connectivity index (χ1v) is 8.26. The van der Waals surface area contributed by atoms with Crippen LogP contribution in [0.2, 0.25) is 0 Å². The van der Waals surface area contributed by atoms with Crippen molar-refractivity contribution >= 4 is 22.6 Å². The van der Waals surface area contributed by atoms with E-state index in [0.717, 1.165) is 39.2 Å². The number of ether oxygens (including phenoxy) is 1. The first-order valence-electron chi connectivity index (χ1n) is 7.48. The Balaban J connectivity index is 1.54. The lowest BCUT2D eigenvalue weighted by molar-refractivity contribution is 0.0355. The maximum absolute atomic E-state index is 12.3. The number of likely N-dealkylation sites (tertiary alicyclic amines) is 1. The molecule has 2 aliphatic heterocycles. The highest BCUT2D eigenvalue weighted by atomic mass is 32.1. The summed E-state index contributed by atoms with van der Waals surface area (Å²) in [4.78, 5) is 16.6. The van der Waals surface area contributed by atoms with E-state index in [1.165, 1.54) is 24.4 Å². The van der Waals surface area contributed by atoms with Crippen LogP contribution in [0.15, 0.2) is 6.20 Å². The van der Waals surface area contributed by atoms with Gasteiger partial charge in [-0.3, -0.25) is 5.32 Å². The minimum absolute atomic E-state index is 0.0852. The molecule has 8 heteroatoms. The molecule has 2 amide bonds. The van der Waals surface area contributed by atoms with Gasteiger partial charge < -0.3 is 14.5 Å². The lowest BCUT2D eigenvalue weighted by atomic mass is 10.3. The van der Waals surface area contributed by atoms with Crippen molar-refractivity contribution in [3.05, 3.63) is 6.20 Å².